The molecule has 0 aromatic carbocycles. The summed E-state index contributed by atoms with van der Waals surface area (Å²) in [7, 11) is 1.67. The predicted molar refractivity (Wildman–Crippen MR) is 106 cm³/mol. The molecule has 1 saturated heterocycles. The third kappa shape index (κ3) is 4.24. The Labute approximate surface area is 167 Å². The lowest BCUT2D eigenvalue weighted by atomic mass is 9.93. The Bertz CT molecular complexity index is 734. The van der Waals surface area contributed by atoms with Crippen molar-refractivity contribution >= 4 is 11.8 Å². The summed E-state index contributed by atoms with van der Waals surface area (Å²) in [5.41, 5.74) is 0.825. The number of likely N-dealkylation sites (tertiary alicyclic amines) is 1. The fourth-order valence-corrected chi connectivity index (χ4v) is 4.31. The first kappa shape index (κ1) is 20.8. The molecule has 1 aromatic rings. The van der Waals surface area contributed by atoms with Gasteiger partial charge < -0.3 is 15.0 Å². The molecule has 7 heteroatoms. The SMILES string of the molecule is COCCn1cc([C@H]2[C@H](CNC(=O)[C@@H]3CC3(C)C)CC(=O)N2C(C)(C)C)cn1. The summed E-state index contributed by atoms with van der Waals surface area (Å²) in [5.74, 6) is 0.380. The Hall–Kier alpha value is -1.89. The summed E-state index contributed by atoms with van der Waals surface area (Å²) in [5, 5.41) is 7.55. The molecule has 1 saturated carbocycles. The molecule has 0 bridgehead atoms. The smallest absolute Gasteiger partial charge is 0.223 e. The van der Waals surface area contributed by atoms with Crippen molar-refractivity contribution < 1.29 is 14.3 Å². The molecule has 1 aliphatic heterocycles. The van der Waals surface area contributed by atoms with E-state index in [-0.39, 0.29) is 40.6 Å². The summed E-state index contributed by atoms with van der Waals surface area (Å²) in [6, 6.07) is -0.0868. The van der Waals surface area contributed by atoms with Crippen molar-refractivity contribution in [3.05, 3.63) is 18.0 Å². The van der Waals surface area contributed by atoms with Crippen LogP contribution in [0.4, 0.5) is 0 Å². The molecular formula is C21H34N4O3. The molecule has 2 fully saturated rings. The predicted octanol–water partition coefficient (Wildman–Crippen LogP) is 2.38. The maximum absolute atomic E-state index is 12.9. The fraction of sp³-hybridized carbons (Fsp3) is 0.762. The number of amides is 2. The Morgan fingerprint density at radius 2 is 2.07 bits per heavy atom. The molecular weight excluding hydrogens is 356 g/mol. The summed E-state index contributed by atoms with van der Waals surface area (Å²) < 4.78 is 6.98. The normalized spacial score (nSPS) is 26.6. The molecule has 2 amide bonds. The van der Waals surface area contributed by atoms with Gasteiger partial charge in [0.1, 0.15) is 0 Å². The average molecular weight is 391 g/mol. The van der Waals surface area contributed by atoms with Crippen LogP contribution in [0.25, 0.3) is 0 Å². The largest absolute Gasteiger partial charge is 0.383 e. The van der Waals surface area contributed by atoms with Crippen LogP contribution in [-0.4, -0.2) is 52.3 Å². The van der Waals surface area contributed by atoms with Crippen LogP contribution >= 0.6 is 0 Å². The van der Waals surface area contributed by atoms with E-state index in [1.165, 1.54) is 0 Å². The van der Waals surface area contributed by atoms with Crippen LogP contribution in [0.15, 0.2) is 12.4 Å². The number of nitrogens with zero attached hydrogens (tertiary/aromatic N) is 3. The molecule has 3 rings (SSSR count). The molecule has 1 aliphatic carbocycles. The quantitative estimate of drug-likeness (QED) is 0.776. The maximum Gasteiger partial charge on any atom is 0.223 e. The average Bonchev–Trinajstić information content (AvgIpc) is 2.95. The molecule has 7 nitrogen and oxygen atoms in total. The van der Waals surface area contributed by atoms with Gasteiger partial charge in [-0.05, 0) is 32.6 Å². The van der Waals surface area contributed by atoms with E-state index in [0.29, 0.717) is 26.1 Å². The van der Waals surface area contributed by atoms with Gasteiger partial charge in [-0.3, -0.25) is 14.3 Å². The Morgan fingerprint density at radius 3 is 2.64 bits per heavy atom. The highest BCUT2D eigenvalue weighted by molar-refractivity contribution is 5.83. The highest BCUT2D eigenvalue weighted by atomic mass is 16.5. The van der Waals surface area contributed by atoms with Crippen molar-refractivity contribution in [3.63, 3.8) is 0 Å². The Morgan fingerprint density at radius 1 is 1.39 bits per heavy atom. The van der Waals surface area contributed by atoms with Crippen LogP contribution in [0, 0.1) is 17.3 Å². The van der Waals surface area contributed by atoms with Crippen LogP contribution in [-0.2, 0) is 20.9 Å². The second kappa shape index (κ2) is 7.50. The molecule has 28 heavy (non-hydrogen) atoms. The number of hydrogen-bond donors (Lipinski definition) is 1. The zero-order valence-electron chi connectivity index (χ0n) is 18.0. The van der Waals surface area contributed by atoms with Gasteiger partial charge in [-0.2, -0.15) is 5.10 Å². The number of carbonyl (C=O) groups is 2. The molecule has 2 heterocycles. The van der Waals surface area contributed by atoms with Crippen LogP contribution < -0.4 is 5.32 Å². The Kier molecular flexibility index (Phi) is 5.58. The van der Waals surface area contributed by atoms with E-state index >= 15 is 0 Å². The van der Waals surface area contributed by atoms with E-state index in [1.54, 1.807) is 7.11 Å². The minimum atomic E-state index is -0.298. The maximum atomic E-state index is 12.9. The van der Waals surface area contributed by atoms with E-state index in [2.05, 4.69) is 45.0 Å². The molecule has 2 aliphatic rings. The number of aromatic nitrogens is 2. The van der Waals surface area contributed by atoms with E-state index in [9.17, 15) is 9.59 Å². The number of rotatable bonds is 7. The van der Waals surface area contributed by atoms with Crippen molar-refractivity contribution in [2.24, 2.45) is 17.3 Å². The summed E-state index contributed by atoms with van der Waals surface area (Å²) >= 11 is 0. The van der Waals surface area contributed by atoms with Crippen molar-refractivity contribution in [2.75, 3.05) is 20.3 Å². The number of nitrogens with one attached hydrogen (secondary N) is 1. The third-order valence-electron chi connectivity index (χ3n) is 6.04. The van der Waals surface area contributed by atoms with Crippen molar-refractivity contribution in [1.29, 1.82) is 0 Å². The molecule has 0 spiro atoms. The van der Waals surface area contributed by atoms with Gasteiger partial charge in [0.25, 0.3) is 0 Å². The van der Waals surface area contributed by atoms with Gasteiger partial charge in [-0.25, -0.2) is 0 Å². The lowest BCUT2D eigenvalue weighted by Gasteiger charge is -2.38. The van der Waals surface area contributed by atoms with Gasteiger partial charge in [-0.15, -0.1) is 0 Å². The molecule has 0 unspecified atom stereocenters. The topological polar surface area (TPSA) is 76.5 Å². The zero-order chi connectivity index (χ0) is 20.7. The van der Waals surface area contributed by atoms with Crippen LogP contribution in [0.5, 0.6) is 0 Å². The molecule has 3 atom stereocenters. The highest BCUT2D eigenvalue weighted by Crippen LogP contribution is 2.51. The van der Waals surface area contributed by atoms with Crippen molar-refractivity contribution in [3.8, 4) is 0 Å². The number of carbonyl (C=O) groups excluding carboxylic acids is 2. The zero-order valence-corrected chi connectivity index (χ0v) is 18.0. The second-order valence-electron chi connectivity index (χ2n) is 9.86. The van der Waals surface area contributed by atoms with Gasteiger partial charge in [0.2, 0.25) is 11.8 Å². The number of ether oxygens (including phenoxy) is 1. The molecule has 1 aromatic heterocycles. The molecule has 1 N–H and O–H groups in total. The van der Waals surface area contributed by atoms with Crippen LogP contribution in [0.1, 0.15) is 59.1 Å². The number of methoxy groups -OCH3 is 1. The van der Waals surface area contributed by atoms with Gasteiger partial charge in [0.05, 0.1) is 25.4 Å². The standard InChI is InChI=1S/C21H34N4O3/c1-20(2,3)25-17(26)9-14(11-22-19(27)16-10-21(16,4)5)18(25)15-12-23-24(13-15)7-8-28-6/h12-14,16,18H,7-11H2,1-6H3,(H,22,27)/t14-,16-,18+/m0/s1. The van der Waals surface area contributed by atoms with Crippen molar-refractivity contribution in [1.82, 2.24) is 20.0 Å². The third-order valence-corrected chi connectivity index (χ3v) is 6.04. The van der Waals surface area contributed by atoms with Gasteiger partial charge in [0.15, 0.2) is 0 Å². The minimum Gasteiger partial charge on any atom is -0.383 e. The fourth-order valence-electron chi connectivity index (χ4n) is 4.31. The first-order chi connectivity index (χ1) is 13.0. The summed E-state index contributed by atoms with van der Waals surface area (Å²) in [6.45, 7) is 12.2. The first-order valence-corrected chi connectivity index (χ1v) is 10.2. The Balaban J connectivity index is 1.76. The molecule has 156 valence electrons. The lowest BCUT2D eigenvalue weighted by Crippen LogP contribution is -2.44. The number of hydrogen-bond acceptors (Lipinski definition) is 4. The van der Waals surface area contributed by atoms with Gasteiger partial charge in [0, 0.05) is 49.2 Å². The van der Waals surface area contributed by atoms with Crippen LogP contribution in [0.2, 0.25) is 0 Å². The highest BCUT2D eigenvalue weighted by Gasteiger charge is 2.51. The van der Waals surface area contributed by atoms with E-state index in [4.69, 9.17) is 4.74 Å². The summed E-state index contributed by atoms with van der Waals surface area (Å²) in [6.07, 6.45) is 5.22. The lowest BCUT2D eigenvalue weighted by molar-refractivity contribution is -0.133. The monoisotopic (exact) mass is 390 g/mol. The van der Waals surface area contributed by atoms with E-state index in [1.807, 2.05) is 22.0 Å². The summed E-state index contributed by atoms with van der Waals surface area (Å²) in [4.78, 5) is 27.3. The second-order valence-corrected chi connectivity index (χ2v) is 9.86. The van der Waals surface area contributed by atoms with Crippen molar-refractivity contribution in [2.45, 2.75) is 65.6 Å². The van der Waals surface area contributed by atoms with E-state index in [0.717, 1.165) is 12.0 Å². The van der Waals surface area contributed by atoms with Crippen LogP contribution in [0.3, 0.4) is 0 Å². The van der Waals surface area contributed by atoms with Gasteiger partial charge >= 0.3 is 0 Å². The van der Waals surface area contributed by atoms with E-state index < -0.39 is 0 Å². The first-order valence-electron chi connectivity index (χ1n) is 10.2. The molecule has 0 radical (unpaired) electrons. The minimum absolute atomic E-state index is 0.0395. The van der Waals surface area contributed by atoms with Gasteiger partial charge in [-0.1, -0.05) is 13.8 Å².